The van der Waals surface area contributed by atoms with Crippen molar-refractivity contribution in [3.05, 3.63) is 64.5 Å². The minimum atomic E-state index is -1.10. The Morgan fingerprint density at radius 1 is 1.19 bits per heavy atom. The standard InChI is InChI=1S/C23H24FN3O5/c24-16-9-17-18(12-27(22(17)29)19-3-1-2-8-25-21(19)28)20(10-16)32-13-15-6-4-14(5-7-15)11-26-23(30)31/h4-7,9-10,19,26H,1-3,8,11-13H2,(H,25,28)(H,30,31). The van der Waals surface area contributed by atoms with E-state index in [9.17, 15) is 18.8 Å². The molecule has 2 aromatic rings. The highest BCUT2D eigenvalue weighted by Crippen LogP contribution is 2.35. The normalized spacial score (nSPS) is 18.0. The van der Waals surface area contributed by atoms with Crippen molar-refractivity contribution in [2.24, 2.45) is 0 Å². The second kappa shape index (κ2) is 9.25. The Balaban J connectivity index is 1.48. The molecule has 8 nitrogen and oxygen atoms in total. The number of nitrogens with one attached hydrogen (secondary N) is 2. The average Bonchev–Trinajstić information content (AvgIpc) is 2.94. The first-order valence-corrected chi connectivity index (χ1v) is 10.5. The van der Waals surface area contributed by atoms with Gasteiger partial charge in [-0.3, -0.25) is 9.59 Å². The molecule has 4 rings (SSSR count). The largest absolute Gasteiger partial charge is 0.488 e. The Kier molecular flexibility index (Phi) is 6.25. The molecule has 1 atom stereocenters. The smallest absolute Gasteiger partial charge is 0.404 e. The highest BCUT2D eigenvalue weighted by atomic mass is 19.1. The minimum Gasteiger partial charge on any atom is -0.488 e. The zero-order valence-corrected chi connectivity index (χ0v) is 17.4. The number of carbonyl (C=O) groups excluding carboxylic acids is 2. The van der Waals surface area contributed by atoms with E-state index in [1.54, 1.807) is 24.3 Å². The van der Waals surface area contributed by atoms with Crippen molar-refractivity contribution in [2.45, 2.75) is 45.0 Å². The zero-order chi connectivity index (χ0) is 22.7. The predicted molar refractivity (Wildman–Crippen MR) is 113 cm³/mol. The molecule has 1 fully saturated rings. The van der Waals surface area contributed by atoms with Gasteiger partial charge in [-0.25, -0.2) is 9.18 Å². The van der Waals surface area contributed by atoms with Crippen LogP contribution < -0.4 is 15.4 Å². The van der Waals surface area contributed by atoms with Crippen LogP contribution in [0.25, 0.3) is 0 Å². The summed E-state index contributed by atoms with van der Waals surface area (Å²) >= 11 is 0. The van der Waals surface area contributed by atoms with Crippen LogP contribution in [-0.4, -0.2) is 40.5 Å². The van der Waals surface area contributed by atoms with Gasteiger partial charge in [0.1, 0.15) is 24.2 Å². The third-order valence-electron chi connectivity index (χ3n) is 5.74. The van der Waals surface area contributed by atoms with Gasteiger partial charge in [-0.2, -0.15) is 0 Å². The molecule has 9 heteroatoms. The van der Waals surface area contributed by atoms with Crippen LogP contribution in [0.1, 0.15) is 46.3 Å². The Bertz CT molecular complexity index is 1040. The van der Waals surface area contributed by atoms with Crippen molar-refractivity contribution in [3.8, 4) is 5.75 Å². The molecule has 3 N–H and O–H groups in total. The van der Waals surface area contributed by atoms with Gasteiger partial charge in [0.2, 0.25) is 5.91 Å². The molecule has 1 unspecified atom stereocenters. The zero-order valence-electron chi connectivity index (χ0n) is 17.4. The van der Waals surface area contributed by atoms with Crippen LogP contribution in [-0.2, 0) is 24.5 Å². The number of hydrogen-bond donors (Lipinski definition) is 3. The maximum atomic E-state index is 14.3. The van der Waals surface area contributed by atoms with Crippen molar-refractivity contribution >= 4 is 17.9 Å². The SMILES string of the molecule is O=C(O)NCc1ccc(COc2cc(F)cc3c2CN(C2CCCCNC2=O)C3=O)cc1. The molecule has 0 saturated carbocycles. The summed E-state index contributed by atoms with van der Waals surface area (Å²) < 4.78 is 20.1. The van der Waals surface area contributed by atoms with Crippen molar-refractivity contribution in [2.75, 3.05) is 6.54 Å². The number of ether oxygens (including phenoxy) is 1. The molecule has 2 heterocycles. The maximum Gasteiger partial charge on any atom is 0.404 e. The lowest BCUT2D eigenvalue weighted by Crippen LogP contribution is -2.45. The fraction of sp³-hybridized carbons (Fsp3) is 0.348. The summed E-state index contributed by atoms with van der Waals surface area (Å²) in [5.41, 5.74) is 2.42. The highest BCUT2D eigenvalue weighted by Gasteiger charge is 2.38. The molecule has 168 valence electrons. The molecule has 0 bridgehead atoms. The second-order valence-corrected chi connectivity index (χ2v) is 7.93. The summed E-state index contributed by atoms with van der Waals surface area (Å²) in [7, 11) is 0. The van der Waals surface area contributed by atoms with Gasteiger partial charge in [0, 0.05) is 24.7 Å². The van der Waals surface area contributed by atoms with Crippen LogP contribution in [0.15, 0.2) is 36.4 Å². The number of nitrogens with zero attached hydrogens (tertiary/aromatic N) is 1. The first-order chi connectivity index (χ1) is 15.4. The van der Waals surface area contributed by atoms with Crippen LogP contribution in [0.2, 0.25) is 0 Å². The van der Waals surface area contributed by atoms with Crippen molar-refractivity contribution in [1.29, 1.82) is 0 Å². The highest BCUT2D eigenvalue weighted by molar-refractivity contribution is 6.01. The number of halogens is 1. The van der Waals surface area contributed by atoms with Crippen LogP contribution >= 0.6 is 0 Å². The number of rotatable bonds is 6. The Morgan fingerprint density at radius 2 is 1.94 bits per heavy atom. The number of hydrogen-bond acceptors (Lipinski definition) is 4. The van der Waals surface area contributed by atoms with Gasteiger partial charge < -0.3 is 25.4 Å². The number of carbonyl (C=O) groups is 3. The summed E-state index contributed by atoms with van der Waals surface area (Å²) in [6.07, 6.45) is 1.18. The summed E-state index contributed by atoms with van der Waals surface area (Å²) in [5, 5.41) is 13.8. The lowest BCUT2D eigenvalue weighted by atomic mass is 10.1. The van der Waals surface area contributed by atoms with Gasteiger partial charge in [0.25, 0.3) is 5.91 Å². The van der Waals surface area contributed by atoms with E-state index in [0.29, 0.717) is 18.5 Å². The summed E-state index contributed by atoms with van der Waals surface area (Å²) in [4.78, 5) is 37.5. The molecule has 2 aliphatic rings. The Labute approximate surface area is 184 Å². The number of fused-ring (bicyclic) bond motifs is 1. The average molecular weight is 441 g/mol. The third-order valence-corrected chi connectivity index (χ3v) is 5.74. The van der Waals surface area contributed by atoms with E-state index in [1.807, 2.05) is 0 Å². The van der Waals surface area contributed by atoms with E-state index in [1.165, 1.54) is 17.0 Å². The van der Waals surface area contributed by atoms with Crippen molar-refractivity contribution in [1.82, 2.24) is 15.5 Å². The molecular formula is C23H24FN3O5. The number of benzene rings is 2. The van der Waals surface area contributed by atoms with Crippen LogP contribution in [0.5, 0.6) is 5.75 Å². The molecule has 0 radical (unpaired) electrons. The van der Waals surface area contributed by atoms with Crippen LogP contribution in [0.3, 0.4) is 0 Å². The van der Waals surface area contributed by atoms with Gasteiger partial charge in [-0.1, -0.05) is 24.3 Å². The molecular weight excluding hydrogens is 417 g/mol. The van der Waals surface area contributed by atoms with E-state index < -0.39 is 18.0 Å². The summed E-state index contributed by atoms with van der Waals surface area (Å²) in [6.45, 7) is 1.14. The lowest BCUT2D eigenvalue weighted by Gasteiger charge is -2.25. The first kappa shape index (κ1) is 21.6. The molecule has 1 saturated heterocycles. The second-order valence-electron chi connectivity index (χ2n) is 7.93. The molecule has 0 aromatic heterocycles. The monoisotopic (exact) mass is 441 g/mol. The fourth-order valence-corrected chi connectivity index (χ4v) is 4.06. The van der Waals surface area contributed by atoms with Crippen molar-refractivity contribution in [3.63, 3.8) is 0 Å². The van der Waals surface area contributed by atoms with Crippen molar-refractivity contribution < 1.29 is 28.6 Å². The molecule has 2 aromatic carbocycles. The van der Waals surface area contributed by atoms with Gasteiger partial charge in [0.05, 0.1) is 12.1 Å². The topological polar surface area (TPSA) is 108 Å². The summed E-state index contributed by atoms with van der Waals surface area (Å²) in [5.74, 6) is -0.832. The van der Waals surface area contributed by atoms with Gasteiger partial charge in [-0.15, -0.1) is 0 Å². The molecule has 0 spiro atoms. The Morgan fingerprint density at radius 3 is 2.69 bits per heavy atom. The third kappa shape index (κ3) is 4.66. The molecule has 3 amide bonds. The first-order valence-electron chi connectivity index (χ1n) is 10.5. The van der Waals surface area contributed by atoms with Gasteiger partial charge >= 0.3 is 6.09 Å². The molecule has 2 aliphatic heterocycles. The van der Waals surface area contributed by atoms with Gasteiger partial charge in [-0.05, 0) is 36.5 Å². The minimum absolute atomic E-state index is 0.153. The van der Waals surface area contributed by atoms with E-state index in [0.717, 1.165) is 24.0 Å². The van der Waals surface area contributed by atoms with E-state index in [-0.39, 0.29) is 42.8 Å². The van der Waals surface area contributed by atoms with Crippen LogP contribution in [0.4, 0.5) is 9.18 Å². The maximum absolute atomic E-state index is 14.3. The summed E-state index contributed by atoms with van der Waals surface area (Å²) in [6, 6.07) is 9.04. The van der Waals surface area contributed by atoms with Crippen LogP contribution in [0, 0.1) is 5.82 Å². The van der Waals surface area contributed by atoms with E-state index >= 15 is 0 Å². The van der Waals surface area contributed by atoms with E-state index in [4.69, 9.17) is 9.84 Å². The van der Waals surface area contributed by atoms with Gasteiger partial charge in [0.15, 0.2) is 0 Å². The number of carboxylic acid groups (broad SMARTS) is 1. The Hall–Kier alpha value is -3.62. The predicted octanol–water partition coefficient (Wildman–Crippen LogP) is 2.80. The molecule has 32 heavy (non-hydrogen) atoms. The quantitative estimate of drug-likeness (QED) is 0.639. The number of amides is 3. The molecule has 0 aliphatic carbocycles. The fourth-order valence-electron chi connectivity index (χ4n) is 4.06. The van der Waals surface area contributed by atoms with E-state index in [2.05, 4.69) is 10.6 Å². The lowest BCUT2D eigenvalue weighted by molar-refractivity contribution is -0.125.